The van der Waals surface area contributed by atoms with E-state index < -0.39 is 11.9 Å². The van der Waals surface area contributed by atoms with Crippen LogP contribution in [-0.2, 0) is 6.42 Å². The first-order valence-corrected chi connectivity index (χ1v) is 6.85. The second-order valence-electron chi connectivity index (χ2n) is 4.70. The Balaban J connectivity index is 1.97. The van der Waals surface area contributed by atoms with Crippen molar-refractivity contribution in [1.82, 2.24) is 9.97 Å². The number of hydrogen-bond donors (Lipinski definition) is 1. The lowest BCUT2D eigenvalue weighted by Crippen LogP contribution is -2.05. The van der Waals surface area contributed by atoms with Gasteiger partial charge in [-0.15, -0.1) is 0 Å². The number of rotatable bonds is 3. The number of aromatic nitrogens is 2. The molecule has 0 saturated heterocycles. The van der Waals surface area contributed by atoms with Crippen LogP contribution in [0.5, 0.6) is 0 Å². The van der Waals surface area contributed by atoms with E-state index in [1.54, 1.807) is 36.7 Å². The fraction of sp³-hybridized carbons (Fsp3) is 0.125. The third-order valence-electron chi connectivity index (χ3n) is 3.33. The molecule has 0 saturated carbocycles. The molecule has 3 nitrogen and oxygen atoms in total. The molecule has 2 aromatic carbocycles. The van der Waals surface area contributed by atoms with Gasteiger partial charge in [0.25, 0.3) is 0 Å². The Labute approximate surface area is 126 Å². The molecule has 0 aliphatic rings. The van der Waals surface area contributed by atoms with Crippen LogP contribution in [0.2, 0.25) is 5.02 Å². The highest BCUT2D eigenvalue weighted by atomic mass is 35.5. The maximum absolute atomic E-state index is 13.9. The number of aliphatic hydroxyl groups excluding tert-OH is 1. The lowest BCUT2D eigenvalue weighted by Gasteiger charge is -2.13. The molecule has 0 amide bonds. The van der Waals surface area contributed by atoms with Gasteiger partial charge in [0.2, 0.25) is 0 Å². The smallest absolute Gasteiger partial charge is 0.145 e. The van der Waals surface area contributed by atoms with Gasteiger partial charge in [-0.05, 0) is 17.7 Å². The van der Waals surface area contributed by atoms with Crippen molar-refractivity contribution in [3.63, 3.8) is 0 Å². The summed E-state index contributed by atoms with van der Waals surface area (Å²) in [4.78, 5) is 8.44. The Morgan fingerprint density at radius 2 is 1.86 bits per heavy atom. The van der Waals surface area contributed by atoms with Crippen molar-refractivity contribution in [2.45, 2.75) is 12.5 Å². The summed E-state index contributed by atoms with van der Waals surface area (Å²) < 4.78 is 13.9. The Morgan fingerprint density at radius 3 is 2.71 bits per heavy atom. The summed E-state index contributed by atoms with van der Waals surface area (Å²) in [5.41, 5.74) is 2.31. The first-order chi connectivity index (χ1) is 10.2. The molecule has 106 valence electrons. The summed E-state index contributed by atoms with van der Waals surface area (Å²) in [5, 5.41) is 10.5. The van der Waals surface area contributed by atoms with Crippen LogP contribution in [0.3, 0.4) is 0 Å². The molecule has 3 rings (SSSR count). The van der Waals surface area contributed by atoms with Gasteiger partial charge in [-0.25, -0.2) is 4.39 Å². The Bertz CT molecular complexity index is 789. The molecule has 1 atom stereocenters. The molecule has 1 N–H and O–H groups in total. The van der Waals surface area contributed by atoms with Crippen molar-refractivity contribution in [1.29, 1.82) is 0 Å². The molecule has 0 fully saturated rings. The number of halogens is 2. The summed E-state index contributed by atoms with van der Waals surface area (Å²) in [7, 11) is 0. The van der Waals surface area contributed by atoms with E-state index in [1.807, 2.05) is 6.07 Å². The van der Waals surface area contributed by atoms with Crippen molar-refractivity contribution in [2.24, 2.45) is 0 Å². The number of hydrogen-bond acceptors (Lipinski definition) is 3. The quantitative estimate of drug-likeness (QED) is 0.802. The van der Waals surface area contributed by atoms with E-state index in [2.05, 4.69) is 9.97 Å². The second-order valence-corrected chi connectivity index (χ2v) is 5.11. The molecule has 3 aromatic rings. The standard InChI is InChI=1S/C16H12ClFN2O/c17-12-5-1-3-10(15(12)18)9-14(21)11-4-2-6-13-16(11)20-8-7-19-13/h1-8,14,21H,9H2. The lowest BCUT2D eigenvalue weighted by molar-refractivity contribution is 0.178. The zero-order valence-electron chi connectivity index (χ0n) is 11.0. The molecule has 1 heterocycles. The summed E-state index contributed by atoms with van der Waals surface area (Å²) in [6.45, 7) is 0. The van der Waals surface area contributed by atoms with Gasteiger partial charge in [0.1, 0.15) is 5.82 Å². The monoisotopic (exact) mass is 302 g/mol. The highest BCUT2D eigenvalue weighted by Crippen LogP contribution is 2.27. The number of fused-ring (bicyclic) bond motifs is 1. The van der Waals surface area contributed by atoms with E-state index in [0.29, 0.717) is 22.2 Å². The highest BCUT2D eigenvalue weighted by Gasteiger charge is 2.16. The Kier molecular flexibility index (Phi) is 3.82. The second kappa shape index (κ2) is 5.76. The van der Waals surface area contributed by atoms with Crippen LogP contribution in [-0.4, -0.2) is 15.1 Å². The molecule has 0 bridgehead atoms. The minimum Gasteiger partial charge on any atom is -0.388 e. The molecule has 0 spiro atoms. The molecular formula is C16H12ClFN2O. The first-order valence-electron chi connectivity index (χ1n) is 6.47. The van der Waals surface area contributed by atoms with Crippen LogP contribution < -0.4 is 0 Å². The molecule has 1 aromatic heterocycles. The zero-order chi connectivity index (χ0) is 14.8. The fourth-order valence-corrected chi connectivity index (χ4v) is 2.50. The van der Waals surface area contributed by atoms with Gasteiger partial charge in [-0.3, -0.25) is 9.97 Å². The predicted molar refractivity (Wildman–Crippen MR) is 79.6 cm³/mol. The Hall–Kier alpha value is -2.04. The molecule has 21 heavy (non-hydrogen) atoms. The van der Waals surface area contributed by atoms with Crippen molar-refractivity contribution in [3.8, 4) is 0 Å². The van der Waals surface area contributed by atoms with Gasteiger partial charge >= 0.3 is 0 Å². The first kappa shape index (κ1) is 13.9. The maximum Gasteiger partial charge on any atom is 0.145 e. The van der Waals surface area contributed by atoms with Crippen molar-refractivity contribution in [3.05, 3.63) is 70.8 Å². The lowest BCUT2D eigenvalue weighted by atomic mass is 10.00. The average Bonchev–Trinajstić information content (AvgIpc) is 2.51. The van der Waals surface area contributed by atoms with E-state index in [4.69, 9.17) is 11.6 Å². The van der Waals surface area contributed by atoms with Crippen LogP contribution in [0.15, 0.2) is 48.8 Å². The van der Waals surface area contributed by atoms with Gasteiger partial charge in [0, 0.05) is 24.4 Å². The topological polar surface area (TPSA) is 46.0 Å². The van der Waals surface area contributed by atoms with Crippen LogP contribution >= 0.6 is 11.6 Å². The van der Waals surface area contributed by atoms with Crippen LogP contribution in [0.25, 0.3) is 11.0 Å². The van der Waals surface area contributed by atoms with E-state index in [9.17, 15) is 9.50 Å². The number of benzene rings is 2. The number of para-hydroxylation sites is 1. The SMILES string of the molecule is OC(Cc1cccc(Cl)c1F)c1cccc2nccnc12. The molecule has 0 aliphatic heterocycles. The van der Waals surface area contributed by atoms with E-state index in [0.717, 1.165) is 0 Å². The fourth-order valence-electron chi connectivity index (χ4n) is 2.31. The van der Waals surface area contributed by atoms with Gasteiger partial charge in [0.15, 0.2) is 0 Å². The molecule has 5 heteroatoms. The van der Waals surface area contributed by atoms with Gasteiger partial charge in [-0.1, -0.05) is 35.9 Å². The van der Waals surface area contributed by atoms with Crippen LogP contribution in [0, 0.1) is 5.82 Å². The largest absolute Gasteiger partial charge is 0.388 e. The molecule has 1 unspecified atom stereocenters. The van der Waals surface area contributed by atoms with Gasteiger partial charge in [0.05, 0.1) is 22.2 Å². The summed E-state index contributed by atoms with van der Waals surface area (Å²) in [6, 6.07) is 10.1. The number of nitrogens with zero attached hydrogens (tertiary/aromatic N) is 2. The average molecular weight is 303 g/mol. The summed E-state index contributed by atoms with van der Waals surface area (Å²) in [6.07, 6.45) is 2.41. The third-order valence-corrected chi connectivity index (χ3v) is 3.63. The van der Waals surface area contributed by atoms with Crippen molar-refractivity contribution in [2.75, 3.05) is 0 Å². The summed E-state index contributed by atoms with van der Waals surface area (Å²) >= 11 is 5.76. The summed E-state index contributed by atoms with van der Waals surface area (Å²) in [5.74, 6) is -0.496. The molecular weight excluding hydrogens is 291 g/mol. The normalized spacial score (nSPS) is 12.5. The molecule has 0 aliphatic carbocycles. The van der Waals surface area contributed by atoms with E-state index in [-0.39, 0.29) is 11.4 Å². The van der Waals surface area contributed by atoms with E-state index in [1.165, 1.54) is 6.07 Å². The number of aliphatic hydroxyl groups is 1. The minimum atomic E-state index is -0.877. The maximum atomic E-state index is 13.9. The van der Waals surface area contributed by atoms with Crippen molar-refractivity contribution >= 4 is 22.6 Å². The highest BCUT2D eigenvalue weighted by molar-refractivity contribution is 6.30. The van der Waals surface area contributed by atoms with Crippen LogP contribution in [0.1, 0.15) is 17.2 Å². The van der Waals surface area contributed by atoms with Crippen molar-refractivity contribution < 1.29 is 9.50 Å². The predicted octanol–water partition coefficient (Wildman–Crippen LogP) is 3.70. The Morgan fingerprint density at radius 1 is 1.10 bits per heavy atom. The van der Waals surface area contributed by atoms with Crippen LogP contribution in [0.4, 0.5) is 4.39 Å². The van der Waals surface area contributed by atoms with E-state index >= 15 is 0 Å². The van der Waals surface area contributed by atoms with Gasteiger partial charge in [-0.2, -0.15) is 0 Å². The van der Waals surface area contributed by atoms with Gasteiger partial charge < -0.3 is 5.11 Å². The zero-order valence-corrected chi connectivity index (χ0v) is 11.8. The third kappa shape index (κ3) is 2.73. The molecule has 0 radical (unpaired) electrons. The minimum absolute atomic E-state index is 0.0532.